The van der Waals surface area contributed by atoms with E-state index in [1.54, 1.807) is 6.20 Å². The highest BCUT2D eigenvalue weighted by atomic mass is 16.5. The van der Waals surface area contributed by atoms with Crippen molar-refractivity contribution in [2.24, 2.45) is 0 Å². The molecular formula is C22H25N3O3. The van der Waals surface area contributed by atoms with Gasteiger partial charge in [-0.05, 0) is 49.4 Å². The lowest BCUT2D eigenvalue weighted by Crippen LogP contribution is -2.41. The highest BCUT2D eigenvalue weighted by molar-refractivity contribution is 6.00. The fourth-order valence-electron chi connectivity index (χ4n) is 4.30. The van der Waals surface area contributed by atoms with Crippen molar-refractivity contribution in [1.29, 1.82) is 0 Å². The molecule has 28 heavy (non-hydrogen) atoms. The minimum Gasteiger partial charge on any atom is -0.381 e. The van der Waals surface area contributed by atoms with Crippen molar-refractivity contribution in [1.82, 2.24) is 4.98 Å². The second-order valence-electron chi connectivity index (χ2n) is 7.75. The summed E-state index contributed by atoms with van der Waals surface area (Å²) in [6.45, 7) is 2.70. The second-order valence-corrected chi connectivity index (χ2v) is 7.75. The van der Waals surface area contributed by atoms with Gasteiger partial charge in [-0.25, -0.2) is 4.98 Å². The van der Waals surface area contributed by atoms with Crippen molar-refractivity contribution in [2.75, 3.05) is 30.0 Å². The lowest BCUT2D eigenvalue weighted by atomic mass is 9.97. The summed E-state index contributed by atoms with van der Waals surface area (Å²) in [6, 6.07) is 10.3. The van der Waals surface area contributed by atoms with Gasteiger partial charge in [0.05, 0.1) is 24.5 Å². The first-order valence-corrected chi connectivity index (χ1v) is 10.2. The van der Waals surface area contributed by atoms with Gasteiger partial charge in [0, 0.05) is 30.9 Å². The molecule has 1 amide bonds. The fourth-order valence-corrected chi connectivity index (χ4v) is 4.30. The Morgan fingerprint density at radius 2 is 2.14 bits per heavy atom. The predicted molar refractivity (Wildman–Crippen MR) is 107 cm³/mol. The highest BCUT2D eigenvalue weighted by Gasteiger charge is 2.32. The van der Waals surface area contributed by atoms with Gasteiger partial charge < -0.3 is 19.7 Å². The van der Waals surface area contributed by atoms with E-state index in [0.29, 0.717) is 19.1 Å². The summed E-state index contributed by atoms with van der Waals surface area (Å²) in [5.74, 6) is 1.23. The van der Waals surface area contributed by atoms with E-state index in [9.17, 15) is 4.79 Å². The summed E-state index contributed by atoms with van der Waals surface area (Å²) in [5, 5.41) is 3.43. The van der Waals surface area contributed by atoms with Gasteiger partial charge in [-0.15, -0.1) is 0 Å². The third-order valence-electron chi connectivity index (χ3n) is 5.91. The summed E-state index contributed by atoms with van der Waals surface area (Å²) in [6.07, 6.45) is 5.28. The number of carbonyl (C=O) groups is 1. The molecule has 1 aromatic heterocycles. The zero-order valence-corrected chi connectivity index (χ0v) is 15.9. The van der Waals surface area contributed by atoms with Crippen molar-refractivity contribution < 1.29 is 14.3 Å². The normalized spacial score (nSPS) is 24.1. The number of ether oxygens (including phenoxy) is 2. The molecule has 2 saturated heterocycles. The van der Waals surface area contributed by atoms with Crippen LogP contribution in [0, 0.1) is 0 Å². The molecule has 2 aromatic rings. The number of anilines is 3. The first kappa shape index (κ1) is 17.6. The van der Waals surface area contributed by atoms with Crippen LogP contribution in [0.2, 0.25) is 0 Å². The number of aromatic nitrogens is 1. The fraction of sp³-hybridized carbons (Fsp3) is 0.455. The molecule has 146 valence electrons. The van der Waals surface area contributed by atoms with E-state index in [1.807, 2.05) is 17.0 Å². The number of benzene rings is 1. The Balaban J connectivity index is 1.55. The average molecular weight is 379 g/mol. The maximum atomic E-state index is 13.4. The molecule has 6 nitrogen and oxygen atoms in total. The molecule has 0 saturated carbocycles. The van der Waals surface area contributed by atoms with Gasteiger partial charge in [-0.2, -0.15) is 0 Å². The lowest BCUT2D eigenvalue weighted by Gasteiger charge is -2.30. The van der Waals surface area contributed by atoms with Crippen molar-refractivity contribution in [3.05, 3.63) is 47.7 Å². The van der Waals surface area contributed by atoms with Crippen LogP contribution in [0.4, 0.5) is 17.2 Å². The van der Waals surface area contributed by atoms with Gasteiger partial charge in [-0.3, -0.25) is 4.79 Å². The first-order valence-electron chi connectivity index (χ1n) is 10.2. The van der Waals surface area contributed by atoms with E-state index >= 15 is 0 Å². The Morgan fingerprint density at radius 3 is 2.96 bits per heavy atom. The summed E-state index contributed by atoms with van der Waals surface area (Å²) in [4.78, 5) is 19.8. The number of rotatable bonds is 2. The number of fused-ring (bicyclic) bond motifs is 2. The summed E-state index contributed by atoms with van der Waals surface area (Å²) >= 11 is 0. The number of nitrogens with one attached hydrogen (secondary N) is 1. The first-order chi connectivity index (χ1) is 13.8. The van der Waals surface area contributed by atoms with E-state index in [1.165, 1.54) is 5.56 Å². The predicted octanol–water partition coefficient (Wildman–Crippen LogP) is 3.74. The quantitative estimate of drug-likeness (QED) is 0.861. The van der Waals surface area contributed by atoms with Crippen LogP contribution in [0.15, 0.2) is 36.5 Å². The molecule has 1 N–H and O–H groups in total. The van der Waals surface area contributed by atoms with Gasteiger partial charge in [0.25, 0.3) is 5.91 Å². The molecule has 6 heteroatoms. The number of hydrogen-bond donors (Lipinski definition) is 1. The Labute approximate surface area is 164 Å². The Hall–Kier alpha value is -2.44. The monoisotopic (exact) mass is 379 g/mol. The number of hydrogen-bond acceptors (Lipinski definition) is 5. The maximum absolute atomic E-state index is 13.4. The van der Waals surface area contributed by atoms with E-state index in [-0.39, 0.29) is 12.0 Å². The molecule has 5 rings (SSSR count). The molecule has 2 fully saturated rings. The molecule has 3 aliphatic heterocycles. The van der Waals surface area contributed by atoms with Crippen LogP contribution in [0.25, 0.3) is 0 Å². The van der Waals surface area contributed by atoms with Crippen LogP contribution in [0.5, 0.6) is 0 Å². The van der Waals surface area contributed by atoms with Crippen molar-refractivity contribution in [3.8, 4) is 0 Å². The number of nitrogens with zero attached hydrogens (tertiary/aromatic N) is 2. The van der Waals surface area contributed by atoms with Crippen LogP contribution in [0.1, 0.15) is 42.7 Å². The average Bonchev–Trinajstić information content (AvgIpc) is 3.23. The third kappa shape index (κ3) is 3.27. The molecule has 0 spiro atoms. The maximum Gasteiger partial charge on any atom is 0.256 e. The van der Waals surface area contributed by atoms with E-state index in [2.05, 4.69) is 28.5 Å². The third-order valence-corrected chi connectivity index (χ3v) is 5.91. The van der Waals surface area contributed by atoms with Gasteiger partial charge in [0.1, 0.15) is 11.9 Å². The molecular weight excluding hydrogens is 354 g/mol. The zero-order valence-electron chi connectivity index (χ0n) is 15.9. The lowest BCUT2D eigenvalue weighted by molar-refractivity contribution is -0.132. The molecule has 0 bridgehead atoms. The second kappa shape index (κ2) is 7.53. The number of amides is 1. The van der Waals surface area contributed by atoms with Gasteiger partial charge in [0.15, 0.2) is 0 Å². The van der Waals surface area contributed by atoms with Crippen molar-refractivity contribution in [3.63, 3.8) is 0 Å². The molecule has 0 aliphatic carbocycles. The van der Waals surface area contributed by atoms with Gasteiger partial charge >= 0.3 is 0 Å². The van der Waals surface area contributed by atoms with E-state index in [0.717, 1.165) is 61.7 Å². The molecule has 3 aliphatic rings. The number of carbonyl (C=O) groups excluding carboxylic acids is 1. The van der Waals surface area contributed by atoms with E-state index in [4.69, 9.17) is 9.47 Å². The SMILES string of the molecule is O=C(C1CCCCO1)N1Cc2cccnc2Nc2ccc(C3CCOC3)cc21. The van der Waals surface area contributed by atoms with Crippen molar-refractivity contribution in [2.45, 2.75) is 44.2 Å². The summed E-state index contributed by atoms with van der Waals surface area (Å²) in [5.41, 5.74) is 4.04. The number of pyridine rings is 1. The van der Waals surface area contributed by atoms with Crippen LogP contribution in [-0.4, -0.2) is 36.8 Å². The molecule has 2 atom stereocenters. The largest absolute Gasteiger partial charge is 0.381 e. The van der Waals surface area contributed by atoms with Gasteiger partial charge in [0.2, 0.25) is 0 Å². The Morgan fingerprint density at radius 1 is 1.18 bits per heavy atom. The van der Waals surface area contributed by atoms with Crippen LogP contribution >= 0.6 is 0 Å². The Bertz CT molecular complexity index is 873. The molecule has 2 unspecified atom stereocenters. The standard InChI is InChI=1S/C22H25N3O3/c26-22(20-5-1-2-10-28-20)25-13-16-4-3-9-23-21(16)24-18-7-6-15(12-19(18)25)17-8-11-27-14-17/h3-4,6-7,9,12,17,20H,1-2,5,8,10-11,13-14H2,(H,23,24). The highest BCUT2D eigenvalue weighted by Crippen LogP contribution is 2.39. The summed E-state index contributed by atoms with van der Waals surface area (Å²) in [7, 11) is 0. The van der Waals surface area contributed by atoms with Crippen LogP contribution < -0.4 is 10.2 Å². The van der Waals surface area contributed by atoms with Crippen LogP contribution in [0.3, 0.4) is 0 Å². The summed E-state index contributed by atoms with van der Waals surface area (Å²) < 4.78 is 11.4. The molecule has 1 aromatic carbocycles. The minimum absolute atomic E-state index is 0.0410. The molecule has 0 radical (unpaired) electrons. The smallest absolute Gasteiger partial charge is 0.256 e. The van der Waals surface area contributed by atoms with Gasteiger partial charge in [-0.1, -0.05) is 12.1 Å². The topological polar surface area (TPSA) is 63.7 Å². The van der Waals surface area contributed by atoms with Crippen LogP contribution in [-0.2, 0) is 20.8 Å². The minimum atomic E-state index is -0.363. The van der Waals surface area contributed by atoms with E-state index < -0.39 is 0 Å². The molecule has 4 heterocycles. The Kier molecular flexibility index (Phi) is 4.74. The zero-order chi connectivity index (χ0) is 18.9. The van der Waals surface area contributed by atoms with Crippen molar-refractivity contribution >= 4 is 23.1 Å².